The van der Waals surface area contributed by atoms with Crippen LogP contribution >= 0.6 is 11.5 Å². The monoisotopic (exact) mass is 327 g/mol. The lowest BCUT2D eigenvalue weighted by molar-refractivity contribution is 0.0951. The first-order valence-electron chi connectivity index (χ1n) is 7.20. The summed E-state index contributed by atoms with van der Waals surface area (Å²) in [6.07, 6.45) is 3.66. The summed E-state index contributed by atoms with van der Waals surface area (Å²) < 4.78 is 6.00. The summed E-state index contributed by atoms with van der Waals surface area (Å²) in [6, 6.07) is 9.85. The van der Waals surface area contributed by atoms with Crippen molar-refractivity contribution in [1.82, 2.24) is 19.5 Å². The van der Waals surface area contributed by atoms with Crippen LogP contribution in [0.5, 0.6) is 0 Å². The van der Waals surface area contributed by atoms with Crippen molar-refractivity contribution >= 4 is 22.4 Å². The van der Waals surface area contributed by atoms with Crippen LogP contribution in [0, 0.1) is 6.92 Å². The molecule has 0 aliphatic carbocycles. The maximum absolute atomic E-state index is 12.3. The minimum Gasteiger partial charge on any atom is -0.378 e. The third-order valence-corrected chi connectivity index (χ3v) is 4.38. The van der Waals surface area contributed by atoms with Crippen molar-refractivity contribution in [2.45, 2.75) is 13.5 Å². The molecule has 0 radical (unpaired) electrons. The highest BCUT2D eigenvalue weighted by atomic mass is 32.1. The number of rotatable bonds is 5. The van der Waals surface area contributed by atoms with E-state index in [-0.39, 0.29) is 5.91 Å². The highest BCUT2D eigenvalue weighted by molar-refractivity contribution is 7.10. The second-order valence-corrected chi connectivity index (χ2v) is 5.81. The van der Waals surface area contributed by atoms with Crippen molar-refractivity contribution in [3.63, 3.8) is 0 Å². The summed E-state index contributed by atoms with van der Waals surface area (Å²) in [6.45, 7) is 2.25. The third kappa shape index (κ3) is 3.24. The van der Waals surface area contributed by atoms with Crippen molar-refractivity contribution in [2.75, 3.05) is 12.4 Å². The van der Waals surface area contributed by atoms with Gasteiger partial charge in [-0.3, -0.25) is 4.79 Å². The van der Waals surface area contributed by atoms with Crippen LogP contribution in [0.25, 0.3) is 5.69 Å². The number of nitrogens with zero attached hydrogens (tertiary/aromatic N) is 3. The molecule has 2 heterocycles. The molecule has 0 saturated carbocycles. The molecule has 7 heteroatoms. The van der Waals surface area contributed by atoms with Crippen LogP contribution in [0.4, 0.5) is 5.00 Å². The van der Waals surface area contributed by atoms with Crippen LogP contribution in [-0.2, 0) is 6.54 Å². The molecule has 0 aliphatic rings. The first-order chi connectivity index (χ1) is 11.2. The number of amides is 1. The largest absolute Gasteiger partial charge is 0.378 e. The molecule has 0 aliphatic heterocycles. The summed E-state index contributed by atoms with van der Waals surface area (Å²) in [5.41, 5.74) is 3.26. The van der Waals surface area contributed by atoms with E-state index in [0.717, 1.165) is 21.9 Å². The Morgan fingerprint density at radius 3 is 2.83 bits per heavy atom. The Kier molecular flexibility index (Phi) is 4.38. The Hall–Kier alpha value is -2.67. The average molecular weight is 327 g/mol. The number of carbonyl (C=O) groups excluding carboxylic acids is 1. The molecule has 1 aromatic carbocycles. The number of para-hydroxylation sites is 1. The van der Waals surface area contributed by atoms with Gasteiger partial charge in [-0.15, -0.1) is 0 Å². The Morgan fingerprint density at radius 2 is 2.09 bits per heavy atom. The van der Waals surface area contributed by atoms with E-state index in [2.05, 4.69) is 20.1 Å². The molecule has 23 heavy (non-hydrogen) atoms. The van der Waals surface area contributed by atoms with Gasteiger partial charge in [-0.25, -0.2) is 4.68 Å². The molecule has 0 unspecified atom stereocenters. The lowest BCUT2D eigenvalue weighted by Crippen LogP contribution is -2.23. The number of aryl methyl sites for hydroxylation is 1. The molecular weight excluding hydrogens is 310 g/mol. The molecule has 1 amide bonds. The molecule has 6 nitrogen and oxygen atoms in total. The zero-order valence-corrected chi connectivity index (χ0v) is 13.7. The Bertz CT molecular complexity index is 809. The smallest absolute Gasteiger partial charge is 0.256 e. The van der Waals surface area contributed by atoms with Gasteiger partial charge in [-0.1, -0.05) is 18.2 Å². The quantitative estimate of drug-likeness (QED) is 0.755. The predicted octanol–water partition coefficient (Wildman–Crippen LogP) is 2.61. The standard InChI is InChI=1S/C16H17N5OS/c1-11-14(16(17-2)23-20-11)15(22)18-8-12-9-19-21(10-12)13-6-4-3-5-7-13/h3-7,9-10,17H,8H2,1-2H3,(H,18,22). The molecule has 2 N–H and O–H groups in total. The third-order valence-electron chi connectivity index (χ3n) is 3.43. The highest BCUT2D eigenvalue weighted by Gasteiger charge is 2.17. The van der Waals surface area contributed by atoms with Gasteiger partial charge in [0.15, 0.2) is 0 Å². The van der Waals surface area contributed by atoms with Gasteiger partial charge in [0.1, 0.15) is 5.00 Å². The number of benzene rings is 1. The van der Waals surface area contributed by atoms with Gasteiger partial charge in [0.25, 0.3) is 5.91 Å². The van der Waals surface area contributed by atoms with E-state index in [1.54, 1.807) is 17.9 Å². The number of aromatic nitrogens is 3. The first kappa shape index (κ1) is 15.2. The highest BCUT2D eigenvalue weighted by Crippen LogP contribution is 2.23. The van der Waals surface area contributed by atoms with Gasteiger partial charge in [0.05, 0.1) is 23.1 Å². The molecule has 2 aromatic heterocycles. The van der Waals surface area contributed by atoms with Crippen molar-refractivity contribution in [3.05, 3.63) is 59.5 Å². The van der Waals surface area contributed by atoms with Crippen LogP contribution in [0.1, 0.15) is 21.6 Å². The molecule has 0 bridgehead atoms. The van der Waals surface area contributed by atoms with Gasteiger partial charge in [0.2, 0.25) is 0 Å². The van der Waals surface area contributed by atoms with Gasteiger partial charge >= 0.3 is 0 Å². The van der Waals surface area contributed by atoms with E-state index in [0.29, 0.717) is 12.1 Å². The SMILES string of the molecule is CNc1snc(C)c1C(=O)NCc1cnn(-c2ccccc2)c1. The van der Waals surface area contributed by atoms with Crippen molar-refractivity contribution in [3.8, 4) is 5.69 Å². The number of hydrogen-bond acceptors (Lipinski definition) is 5. The Balaban J connectivity index is 1.68. The number of hydrogen-bond donors (Lipinski definition) is 2. The van der Waals surface area contributed by atoms with Crippen LogP contribution in [0.3, 0.4) is 0 Å². The van der Waals surface area contributed by atoms with Gasteiger partial charge in [0, 0.05) is 25.4 Å². The summed E-state index contributed by atoms with van der Waals surface area (Å²) in [4.78, 5) is 12.3. The van der Waals surface area contributed by atoms with E-state index in [1.165, 1.54) is 11.5 Å². The summed E-state index contributed by atoms with van der Waals surface area (Å²) in [5, 5.41) is 11.0. The van der Waals surface area contributed by atoms with Crippen molar-refractivity contribution in [1.29, 1.82) is 0 Å². The lowest BCUT2D eigenvalue weighted by atomic mass is 10.2. The van der Waals surface area contributed by atoms with Crippen molar-refractivity contribution < 1.29 is 4.79 Å². The lowest BCUT2D eigenvalue weighted by Gasteiger charge is -2.05. The number of nitrogens with one attached hydrogen (secondary N) is 2. The zero-order chi connectivity index (χ0) is 16.2. The minimum absolute atomic E-state index is 0.131. The number of anilines is 1. The van der Waals surface area contributed by atoms with Gasteiger partial charge in [-0.2, -0.15) is 9.47 Å². The van der Waals surface area contributed by atoms with E-state index in [1.807, 2.05) is 43.5 Å². The molecule has 3 rings (SSSR count). The van der Waals surface area contributed by atoms with Crippen LogP contribution in [0.2, 0.25) is 0 Å². The van der Waals surface area contributed by atoms with Crippen LogP contribution < -0.4 is 10.6 Å². The Labute approximate surface area is 138 Å². The minimum atomic E-state index is -0.131. The second-order valence-electron chi connectivity index (χ2n) is 5.03. The average Bonchev–Trinajstić information content (AvgIpc) is 3.20. The molecule has 3 aromatic rings. The summed E-state index contributed by atoms with van der Waals surface area (Å²) in [5.74, 6) is -0.131. The topological polar surface area (TPSA) is 71.8 Å². The molecule has 0 fully saturated rings. The van der Waals surface area contributed by atoms with E-state index < -0.39 is 0 Å². The van der Waals surface area contributed by atoms with Crippen LogP contribution in [-0.4, -0.2) is 27.1 Å². The fraction of sp³-hybridized carbons (Fsp3) is 0.188. The first-order valence-corrected chi connectivity index (χ1v) is 7.97. The normalized spacial score (nSPS) is 10.5. The molecule has 0 atom stereocenters. The van der Waals surface area contributed by atoms with E-state index in [4.69, 9.17) is 0 Å². The summed E-state index contributed by atoms with van der Waals surface area (Å²) >= 11 is 1.29. The molecule has 0 spiro atoms. The van der Waals surface area contributed by atoms with Crippen LogP contribution in [0.15, 0.2) is 42.7 Å². The van der Waals surface area contributed by atoms with E-state index in [9.17, 15) is 4.79 Å². The second kappa shape index (κ2) is 6.62. The Morgan fingerprint density at radius 1 is 1.30 bits per heavy atom. The molecule has 0 saturated heterocycles. The maximum Gasteiger partial charge on any atom is 0.256 e. The number of carbonyl (C=O) groups is 1. The fourth-order valence-corrected chi connectivity index (χ4v) is 2.99. The van der Waals surface area contributed by atoms with E-state index >= 15 is 0 Å². The predicted molar refractivity (Wildman–Crippen MR) is 91.1 cm³/mol. The van der Waals surface area contributed by atoms with Gasteiger partial charge < -0.3 is 10.6 Å². The fourth-order valence-electron chi connectivity index (χ4n) is 2.25. The zero-order valence-electron chi connectivity index (χ0n) is 12.9. The van der Waals surface area contributed by atoms with Crippen molar-refractivity contribution in [2.24, 2.45) is 0 Å². The maximum atomic E-state index is 12.3. The molecule has 118 valence electrons. The van der Waals surface area contributed by atoms with Gasteiger partial charge in [-0.05, 0) is 30.6 Å². The summed E-state index contributed by atoms with van der Waals surface area (Å²) in [7, 11) is 1.79. The molecular formula is C16H17N5OS.